The van der Waals surface area contributed by atoms with Gasteiger partial charge in [0.1, 0.15) is 11.3 Å². The van der Waals surface area contributed by atoms with Crippen molar-refractivity contribution in [3.63, 3.8) is 0 Å². The lowest BCUT2D eigenvalue weighted by atomic mass is 10.1. The molecule has 1 aromatic carbocycles. The summed E-state index contributed by atoms with van der Waals surface area (Å²) in [6, 6.07) is 5.41. The number of fused-ring (bicyclic) bond motifs is 1. The fraction of sp³-hybridized carbons (Fsp3) is 0.353. The number of benzene rings is 1. The van der Waals surface area contributed by atoms with E-state index in [2.05, 4.69) is 20.0 Å². The molecular formula is C17H16ClF3N6. The van der Waals surface area contributed by atoms with E-state index >= 15 is 0 Å². The molecule has 0 amide bonds. The van der Waals surface area contributed by atoms with Crippen LogP contribution in [-0.4, -0.2) is 45.8 Å². The molecule has 0 bridgehead atoms. The van der Waals surface area contributed by atoms with E-state index in [0.29, 0.717) is 54.2 Å². The number of rotatable bonds is 2. The van der Waals surface area contributed by atoms with Crippen LogP contribution in [0.4, 0.5) is 24.7 Å². The lowest BCUT2D eigenvalue weighted by molar-refractivity contribution is -0.137. The molecule has 1 fully saturated rings. The predicted octanol–water partition coefficient (Wildman–Crippen LogP) is 3.43. The van der Waals surface area contributed by atoms with Crippen molar-refractivity contribution in [3.05, 3.63) is 46.9 Å². The molecule has 27 heavy (non-hydrogen) atoms. The molecule has 0 unspecified atom stereocenters. The summed E-state index contributed by atoms with van der Waals surface area (Å²) in [6.45, 7) is 4.12. The summed E-state index contributed by atoms with van der Waals surface area (Å²) < 4.78 is 40.5. The van der Waals surface area contributed by atoms with Gasteiger partial charge < -0.3 is 9.80 Å². The Morgan fingerprint density at radius 1 is 1.07 bits per heavy atom. The van der Waals surface area contributed by atoms with Gasteiger partial charge >= 0.3 is 6.18 Å². The summed E-state index contributed by atoms with van der Waals surface area (Å²) in [5.74, 6) is 1.17. The molecule has 0 radical (unpaired) electrons. The number of aryl methyl sites for hydroxylation is 1. The van der Waals surface area contributed by atoms with E-state index in [0.717, 1.165) is 6.07 Å². The molecule has 1 saturated heterocycles. The number of halogens is 4. The molecule has 0 spiro atoms. The summed E-state index contributed by atoms with van der Waals surface area (Å²) in [5.41, 5.74) is 0.583. The second-order valence-electron chi connectivity index (χ2n) is 6.33. The number of hydrogen-bond acceptors (Lipinski definition) is 5. The smallest absolute Gasteiger partial charge is 0.368 e. The zero-order chi connectivity index (χ0) is 19.2. The minimum absolute atomic E-state index is 0.465. The third-order valence-corrected chi connectivity index (χ3v) is 5.07. The van der Waals surface area contributed by atoms with Crippen LogP contribution in [0.2, 0.25) is 5.02 Å². The largest absolute Gasteiger partial charge is 0.416 e. The zero-order valence-electron chi connectivity index (χ0n) is 14.4. The van der Waals surface area contributed by atoms with Crippen LogP contribution in [0.15, 0.2) is 30.6 Å². The first-order chi connectivity index (χ1) is 12.8. The van der Waals surface area contributed by atoms with E-state index in [-0.39, 0.29) is 0 Å². The molecule has 2 aromatic heterocycles. The number of piperazine rings is 1. The van der Waals surface area contributed by atoms with Gasteiger partial charge in [-0.15, -0.1) is 0 Å². The minimum atomic E-state index is -4.35. The molecule has 0 aliphatic carbocycles. The number of alkyl halides is 3. The Kier molecular flexibility index (Phi) is 4.33. The number of anilines is 2. The SMILES string of the molecule is Cc1nc2ncnn2c(N2CCN(c3cccc(C(F)(F)F)c3)CC2)c1Cl. The first-order valence-corrected chi connectivity index (χ1v) is 8.75. The van der Waals surface area contributed by atoms with Crippen LogP contribution >= 0.6 is 11.6 Å². The van der Waals surface area contributed by atoms with E-state index < -0.39 is 11.7 Å². The normalized spacial score (nSPS) is 15.6. The molecule has 0 atom stereocenters. The molecule has 6 nitrogen and oxygen atoms in total. The predicted molar refractivity (Wildman–Crippen MR) is 96.4 cm³/mol. The maximum absolute atomic E-state index is 13.0. The molecular weight excluding hydrogens is 381 g/mol. The fourth-order valence-corrected chi connectivity index (χ4v) is 3.48. The van der Waals surface area contributed by atoms with E-state index in [1.807, 2.05) is 4.90 Å². The van der Waals surface area contributed by atoms with E-state index in [9.17, 15) is 13.2 Å². The average molecular weight is 397 g/mol. The van der Waals surface area contributed by atoms with Crippen LogP contribution in [0.5, 0.6) is 0 Å². The van der Waals surface area contributed by atoms with Gasteiger partial charge in [-0.05, 0) is 25.1 Å². The van der Waals surface area contributed by atoms with Crippen LogP contribution in [0.1, 0.15) is 11.3 Å². The Balaban J connectivity index is 1.57. The second-order valence-corrected chi connectivity index (χ2v) is 6.71. The summed E-state index contributed by atoms with van der Waals surface area (Å²) in [7, 11) is 0. The van der Waals surface area contributed by atoms with Crippen LogP contribution in [-0.2, 0) is 6.18 Å². The Labute approximate surface area is 158 Å². The first kappa shape index (κ1) is 17.8. The van der Waals surface area contributed by atoms with Crippen molar-refractivity contribution in [1.82, 2.24) is 19.6 Å². The second kappa shape index (κ2) is 6.56. The first-order valence-electron chi connectivity index (χ1n) is 8.37. The molecule has 142 valence electrons. The Morgan fingerprint density at radius 2 is 1.78 bits per heavy atom. The minimum Gasteiger partial charge on any atom is -0.368 e. The molecule has 3 heterocycles. The highest BCUT2D eigenvalue weighted by Crippen LogP contribution is 2.33. The van der Waals surface area contributed by atoms with Crippen molar-refractivity contribution in [2.24, 2.45) is 0 Å². The van der Waals surface area contributed by atoms with Crippen LogP contribution in [0.25, 0.3) is 5.78 Å². The average Bonchev–Trinajstić information content (AvgIpc) is 3.10. The molecule has 0 N–H and O–H groups in total. The number of hydrogen-bond donors (Lipinski definition) is 0. The molecule has 4 rings (SSSR count). The maximum atomic E-state index is 13.0. The van der Waals surface area contributed by atoms with Crippen LogP contribution < -0.4 is 9.80 Å². The quantitative estimate of drug-likeness (QED) is 0.664. The van der Waals surface area contributed by atoms with E-state index in [1.54, 1.807) is 17.5 Å². The number of aromatic nitrogens is 4. The molecule has 1 aliphatic rings. The van der Waals surface area contributed by atoms with Crippen molar-refractivity contribution < 1.29 is 13.2 Å². The van der Waals surface area contributed by atoms with Crippen molar-refractivity contribution >= 4 is 28.9 Å². The van der Waals surface area contributed by atoms with Gasteiger partial charge in [-0.25, -0.2) is 4.98 Å². The Morgan fingerprint density at radius 3 is 2.48 bits per heavy atom. The van der Waals surface area contributed by atoms with Crippen molar-refractivity contribution in [2.45, 2.75) is 13.1 Å². The van der Waals surface area contributed by atoms with Crippen molar-refractivity contribution in [1.29, 1.82) is 0 Å². The molecule has 3 aromatic rings. The topological polar surface area (TPSA) is 49.6 Å². The maximum Gasteiger partial charge on any atom is 0.416 e. The lowest BCUT2D eigenvalue weighted by Crippen LogP contribution is -2.47. The standard InChI is InChI=1S/C17H16ClF3N6/c1-11-14(18)15(27-16(24-11)22-10-23-27)26-7-5-25(6-8-26)13-4-2-3-12(9-13)17(19,20)21/h2-4,9-10H,5-8H2,1H3. The van der Waals surface area contributed by atoms with E-state index in [1.165, 1.54) is 18.5 Å². The van der Waals surface area contributed by atoms with Gasteiger partial charge in [0, 0.05) is 31.9 Å². The van der Waals surface area contributed by atoms with Gasteiger partial charge in [-0.3, -0.25) is 0 Å². The monoisotopic (exact) mass is 396 g/mol. The van der Waals surface area contributed by atoms with Crippen LogP contribution in [0, 0.1) is 6.92 Å². The van der Waals surface area contributed by atoms with Gasteiger partial charge in [0.15, 0.2) is 5.82 Å². The van der Waals surface area contributed by atoms with Gasteiger partial charge in [0.25, 0.3) is 5.78 Å². The molecule has 1 aliphatic heterocycles. The molecule has 10 heteroatoms. The lowest BCUT2D eigenvalue weighted by Gasteiger charge is -2.37. The summed E-state index contributed by atoms with van der Waals surface area (Å²) in [5, 5.41) is 4.69. The number of nitrogens with zero attached hydrogens (tertiary/aromatic N) is 6. The third kappa shape index (κ3) is 3.27. The molecule has 0 saturated carbocycles. The Hall–Kier alpha value is -2.55. The highest BCUT2D eigenvalue weighted by molar-refractivity contribution is 6.33. The highest BCUT2D eigenvalue weighted by atomic mass is 35.5. The third-order valence-electron chi connectivity index (χ3n) is 4.63. The van der Waals surface area contributed by atoms with Crippen molar-refractivity contribution in [2.75, 3.05) is 36.0 Å². The summed E-state index contributed by atoms with van der Waals surface area (Å²) in [4.78, 5) is 12.4. The van der Waals surface area contributed by atoms with Gasteiger partial charge in [-0.2, -0.15) is 27.8 Å². The Bertz CT molecular complexity index is 978. The van der Waals surface area contributed by atoms with Crippen LogP contribution in [0.3, 0.4) is 0 Å². The fourth-order valence-electron chi connectivity index (χ4n) is 3.24. The van der Waals surface area contributed by atoms with Crippen molar-refractivity contribution in [3.8, 4) is 0 Å². The van der Waals surface area contributed by atoms with Gasteiger partial charge in [0.2, 0.25) is 0 Å². The van der Waals surface area contributed by atoms with Gasteiger partial charge in [0.05, 0.1) is 11.3 Å². The summed E-state index contributed by atoms with van der Waals surface area (Å²) in [6.07, 6.45) is -2.93. The van der Waals surface area contributed by atoms with E-state index in [4.69, 9.17) is 11.6 Å². The summed E-state index contributed by atoms with van der Waals surface area (Å²) >= 11 is 6.46. The highest BCUT2D eigenvalue weighted by Gasteiger charge is 2.31. The zero-order valence-corrected chi connectivity index (χ0v) is 15.2. The van der Waals surface area contributed by atoms with Gasteiger partial charge in [-0.1, -0.05) is 17.7 Å².